The van der Waals surface area contributed by atoms with Gasteiger partial charge in [0.25, 0.3) is 5.91 Å². The summed E-state index contributed by atoms with van der Waals surface area (Å²) in [6.45, 7) is 6.59. The van der Waals surface area contributed by atoms with Crippen molar-refractivity contribution in [2.45, 2.75) is 38.8 Å². The monoisotopic (exact) mass is 352 g/mol. The SMILES string of the molecule is CC(C)N1CCC(NC(=O)COc2ccc(-c3ccccc3)cc2)CC1. The molecule has 0 aromatic heterocycles. The van der Waals surface area contributed by atoms with Gasteiger partial charge in [-0.1, -0.05) is 42.5 Å². The van der Waals surface area contributed by atoms with Crippen molar-refractivity contribution in [3.63, 3.8) is 0 Å². The van der Waals surface area contributed by atoms with Crippen LogP contribution < -0.4 is 10.1 Å². The first-order valence-electron chi connectivity index (χ1n) is 9.43. The summed E-state index contributed by atoms with van der Waals surface area (Å²) in [5, 5.41) is 3.10. The van der Waals surface area contributed by atoms with Gasteiger partial charge in [-0.3, -0.25) is 4.79 Å². The second-order valence-corrected chi connectivity index (χ2v) is 7.15. The third kappa shape index (κ3) is 5.09. The van der Waals surface area contributed by atoms with Crippen LogP contribution in [0.2, 0.25) is 0 Å². The molecule has 1 aliphatic heterocycles. The van der Waals surface area contributed by atoms with Crippen molar-refractivity contribution in [1.82, 2.24) is 10.2 Å². The molecule has 0 saturated carbocycles. The number of hydrogen-bond donors (Lipinski definition) is 1. The molecule has 3 rings (SSSR count). The first-order valence-corrected chi connectivity index (χ1v) is 9.43. The molecule has 1 heterocycles. The second kappa shape index (κ2) is 8.86. The zero-order valence-corrected chi connectivity index (χ0v) is 15.7. The molecule has 1 aliphatic rings. The van der Waals surface area contributed by atoms with Gasteiger partial charge in [0.15, 0.2) is 6.61 Å². The number of ether oxygens (including phenoxy) is 1. The van der Waals surface area contributed by atoms with E-state index < -0.39 is 0 Å². The van der Waals surface area contributed by atoms with E-state index in [4.69, 9.17) is 4.74 Å². The van der Waals surface area contributed by atoms with E-state index in [9.17, 15) is 4.79 Å². The molecule has 138 valence electrons. The number of amides is 1. The van der Waals surface area contributed by atoms with Crippen molar-refractivity contribution in [3.8, 4) is 16.9 Å². The molecule has 0 unspecified atom stereocenters. The Labute approximate surface area is 156 Å². The van der Waals surface area contributed by atoms with Crippen molar-refractivity contribution in [3.05, 3.63) is 54.6 Å². The minimum atomic E-state index is -0.0415. The Morgan fingerprint density at radius 1 is 1.04 bits per heavy atom. The molecule has 1 saturated heterocycles. The Balaban J connectivity index is 1.43. The molecule has 1 fully saturated rings. The molecule has 26 heavy (non-hydrogen) atoms. The van der Waals surface area contributed by atoms with Crippen molar-refractivity contribution in [1.29, 1.82) is 0 Å². The Morgan fingerprint density at radius 3 is 2.27 bits per heavy atom. The largest absolute Gasteiger partial charge is 0.484 e. The third-order valence-electron chi connectivity index (χ3n) is 4.96. The first kappa shape index (κ1) is 18.5. The highest BCUT2D eigenvalue weighted by Crippen LogP contribution is 2.22. The lowest BCUT2D eigenvalue weighted by atomic mass is 10.0. The van der Waals surface area contributed by atoms with E-state index in [-0.39, 0.29) is 18.6 Å². The average Bonchev–Trinajstić information content (AvgIpc) is 2.68. The fraction of sp³-hybridized carbons (Fsp3) is 0.409. The molecule has 0 aliphatic carbocycles. The summed E-state index contributed by atoms with van der Waals surface area (Å²) in [6, 6.07) is 18.9. The first-order chi connectivity index (χ1) is 12.6. The van der Waals surface area contributed by atoms with Crippen LogP contribution in [0.3, 0.4) is 0 Å². The molecule has 4 heteroatoms. The maximum Gasteiger partial charge on any atom is 0.258 e. The summed E-state index contributed by atoms with van der Waals surface area (Å²) in [5.41, 5.74) is 2.31. The van der Waals surface area contributed by atoms with Gasteiger partial charge in [0, 0.05) is 25.2 Å². The number of rotatable bonds is 6. The van der Waals surface area contributed by atoms with Gasteiger partial charge in [0.2, 0.25) is 0 Å². The van der Waals surface area contributed by atoms with Gasteiger partial charge in [0.1, 0.15) is 5.75 Å². The zero-order valence-electron chi connectivity index (χ0n) is 15.7. The van der Waals surface area contributed by atoms with E-state index in [2.05, 4.69) is 36.2 Å². The maximum atomic E-state index is 12.1. The van der Waals surface area contributed by atoms with Crippen LogP contribution in [0.4, 0.5) is 0 Å². The van der Waals surface area contributed by atoms with E-state index in [0.29, 0.717) is 6.04 Å². The van der Waals surface area contributed by atoms with Crippen LogP contribution >= 0.6 is 0 Å². The second-order valence-electron chi connectivity index (χ2n) is 7.15. The van der Waals surface area contributed by atoms with Crippen molar-refractivity contribution >= 4 is 5.91 Å². The van der Waals surface area contributed by atoms with Crippen molar-refractivity contribution < 1.29 is 9.53 Å². The fourth-order valence-corrected chi connectivity index (χ4v) is 3.35. The van der Waals surface area contributed by atoms with E-state index >= 15 is 0 Å². The molecule has 1 N–H and O–H groups in total. The lowest BCUT2D eigenvalue weighted by Gasteiger charge is -2.34. The molecule has 0 atom stereocenters. The molecular formula is C22H28N2O2. The third-order valence-corrected chi connectivity index (χ3v) is 4.96. The van der Waals surface area contributed by atoms with E-state index in [1.165, 1.54) is 5.56 Å². The van der Waals surface area contributed by atoms with Crippen LogP contribution in [0.25, 0.3) is 11.1 Å². The van der Waals surface area contributed by atoms with Crippen LogP contribution in [-0.4, -0.2) is 42.6 Å². The number of carbonyl (C=O) groups excluding carboxylic acids is 1. The molecule has 0 bridgehead atoms. The van der Waals surface area contributed by atoms with E-state index in [0.717, 1.165) is 37.2 Å². The van der Waals surface area contributed by atoms with Gasteiger partial charge in [-0.15, -0.1) is 0 Å². The summed E-state index contributed by atoms with van der Waals surface area (Å²) in [5.74, 6) is 0.676. The summed E-state index contributed by atoms with van der Waals surface area (Å²) in [6.07, 6.45) is 2.02. The average molecular weight is 352 g/mol. The van der Waals surface area contributed by atoms with Crippen molar-refractivity contribution in [2.75, 3.05) is 19.7 Å². The number of hydrogen-bond acceptors (Lipinski definition) is 3. The van der Waals surface area contributed by atoms with Crippen LogP contribution in [0.5, 0.6) is 5.75 Å². The highest BCUT2D eigenvalue weighted by atomic mass is 16.5. The van der Waals surface area contributed by atoms with Crippen LogP contribution in [0.15, 0.2) is 54.6 Å². The number of piperidine rings is 1. The maximum absolute atomic E-state index is 12.1. The standard InChI is InChI=1S/C22H28N2O2/c1-17(2)24-14-12-20(13-15-24)23-22(25)16-26-21-10-8-19(9-11-21)18-6-4-3-5-7-18/h3-11,17,20H,12-16H2,1-2H3,(H,23,25). The smallest absolute Gasteiger partial charge is 0.258 e. The van der Waals surface area contributed by atoms with Crippen molar-refractivity contribution in [2.24, 2.45) is 0 Å². The van der Waals surface area contributed by atoms with Gasteiger partial charge in [-0.2, -0.15) is 0 Å². The highest BCUT2D eigenvalue weighted by Gasteiger charge is 2.22. The zero-order chi connectivity index (χ0) is 18.4. The molecule has 0 spiro atoms. The number of nitrogens with zero attached hydrogens (tertiary/aromatic N) is 1. The number of nitrogens with one attached hydrogen (secondary N) is 1. The van der Waals surface area contributed by atoms with Crippen LogP contribution in [0.1, 0.15) is 26.7 Å². The molecular weight excluding hydrogens is 324 g/mol. The highest BCUT2D eigenvalue weighted by molar-refractivity contribution is 5.77. The quantitative estimate of drug-likeness (QED) is 0.861. The minimum absolute atomic E-state index is 0.0415. The normalized spacial score (nSPS) is 15.8. The van der Waals surface area contributed by atoms with Gasteiger partial charge in [-0.05, 0) is 49.9 Å². The van der Waals surface area contributed by atoms with Crippen LogP contribution in [0, 0.1) is 0 Å². The topological polar surface area (TPSA) is 41.6 Å². The summed E-state index contributed by atoms with van der Waals surface area (Å²) in [7, 11) is 0. The predicted octanol–water partition coefficient (Wildman–Crippen LogP) is 3.72. The Kier molecular flexibility index (Phi) is 6.29. The Bertz CT molecular complexity index is 690. The van der Waals surface area contributed by atoms with Gasteiger partial charge in [0.05, 0.1) is 0 Å². The van der Waals surface area contributed by atoms with Crippen LogP contribution in [-0.2, 0) is 4.79 Å². The lowest BCUT2D eigenvalue weighted by molar-refractivity contribution is -0.124. The van der Waals surface area contributed by atoms with Gasteiger partial charge >= 0.3 is 0 Å². The molecule has 1 amide bonds. The summed E-state index contributed by atoms with van der Waals surface area (Å²) < 4.78 is 5.64. The van der Waals surface area contributed by atoms with E-state index in [1.54, 1.807) is 0 Å². The van der Waals surface area contributed by atoms with E-state index in [1.807, 2.05) is 42.5 Å². The molecule has 0 radical (unpaired) electrons. The predicted molar refractivity (Wildman–Crippen MR) is 105 cm³/mol. The number of benzene rings is 2. The fourth-order valence-electron chi connectivity index (χ4n) is 3.35. The molecule has 2 aromatic rings. The lowest BCUT2D eigenvalue weighted by Crippen LogP contribution is -2.47. The van der Waals surface area contributed by atoms with Gasteiger partial charge in [-0.25, -0.2) is 0 Å². The Hall–Kier alpha value is -2.33. The summed E-state index contributed by atoms with van der Waals surface area (Å²) >= 11 is 0. The number of likely N-dealkylation sites (tertiary alicyclic amines) is 1. The molecule has 2 aromatic carbocycles. The summed E-state index contributed by atoms with van der Waals surface area (Å²) in [4.78, 5) is 14.6. The van der Waals surface area contributed by atoms with Gasteiger partial charge < -0.3 is 15.0 Å². The minimum Gasteiger partial charge on any atom is -0.484 e. The number of carbonyl (C=O) groups is 1. The molecule has 4 nitrogen and oxygen atoms in total. The Morgan fingerprint density at radius 2 is 1.65 bits per heavy atom.